The molecule has 1 N–H and O–H groups in total. The fourth-order valence-electron chi connectivity index (χ4n) is 1.53. The molecular formula is C9H6N4O. The summed E-state index contributed by atoms with van der Waals surface area (Å²) in [4.78, 5) is 18.2. The summed E-state index contributed by atoms with van der Waals surface area (Å²) in [7, 11) is 0. The molecule has 0 saturated heterocycles. The van der Waals surface area contributed by atoms with Gasteiger partial charge in [-0.25, -0.2) is 4.79 Å². The molecule has 0 aliphatic heterocycles. The molecule has 2 heterocycles. The molecule has 0 aliphatic rings. The number of fused-ring (bicyclic) bond motifs is 3. The van der Waals surface area contributed by atoms with E-state index in [4.69, 9.17) is 0 Å². The van der Waals surface area contributed by atoms with Crippen molar-refractivity contribution in [3.63, 3.8) is 0 Å². The highest BCUT2D eigenvalue weighted by atomic mass is 16.1. The van der Waals surface area contributed by atoms with Gasteiger partial charge in [-0.3, -0.25) is 0 Å². The summed E-state index contributed by atoms with van der Waals surface area (Å²) < 4.78 is 1.25. The minimum absolute atomic E-state index is 0.361. The number of rotatable bonds is 0. The number of aromatic nitrogens is 4. The van der Waals surface area contributed by atoms with Crippen LogP contribution in [0.4, 0.5) is 0 Å². The van der Waals surface area contributed by atoms with Crippen LogP contribution in [-0.4, -0.2) is 19.6 Å². The fraction of sp³-hybridized carbons (Fsp3) is 0. The predicted molar refractivity (Wildman–Crippen MR) is 51.1 cm³/mol. The summed E-state index contributed by atoms with van der Waals surface area (Å²) >= 11 is 0. The zero-order valence-electron chi connectivity index (χ0n) is 7.14. The number of benzene rings is 1. The van der Waals surface area contributed by atoms with E-state index in [-0.39, 0.29) is 5.69 Å². The van der Waals surface area contributed by atoms with Crippen LogP contribution in [0.5, 0.6) is 0 Å². The second kappa shape index (κ2) is 2.41. The predicted octanol–water partition coefficient (Wildman–Crippen LogP) is 0.571. The van der Waals surface area contributed by atoms with Crippen LogP contribution >= 0.6 is 0 Å². The SMILES string of the molecule is O=c1nc2ccccc2c2[nH]cnn12. The van der Waals surface area contributed by atoms with E-state index >= 15 is 0 Å². The Labute approximate surface area is 78.0 Å². The van der Waals surface area contributed by atoms with Crippen LogP contribution in [0.15, 0.2) is 35.4 Å². The van der Waals surface area contributed by atoms with Crippen molar-refractivity contribution in [1.29, 1.82) is 0 Å². The van der Waals surface area contributed by atoms with E-state index in [1.807, 2.05) is 18.2 Å². The van der Waals surface area contributed by atoms with Gasteiger partial charge in [0, 0.05) is 5.39 Å². The van der Waals surface area contributed by atoms with E-state index in [0.29, 0.717) is 11.2 Å². The topological polar surface area (TPSA) is 63.0 Å². The van der Waals surface area contributed by atoms with E-state index < -0.39 is 0 Å². The van der Waals surface area contributed by atoms with E-state index in [1.54, 1.807) is 6.07 Å². The zero-order chi connectivity index (χ0) is 9.54. The van der Waals surface area contributed by atoms with Gasteiger partial charge in [0.1, 0.15) is 12.0 Å². The summed E-state index contributed by atoms with van der Waals surface area (Å²) in [5, 5.41) is 4.75. The maximum Gasteiger partial charge on any atom is 0.370 e. The molecule has 0 amide bonds. The van der Waals surface area contributed by atoms with E-state index in [1.165, 1.54) is 10.8 Å². The number of aromatic amines is 1. The van der Waals surface area contributed by atoms with Crippen molar-refractivity contribution >= 4 is 16.6 Å². The molecule has 0 saturated carbocycles. The normalized spacial score (nSPS) is 11.1. The summed E-state index contributed by atoms with van der Waals surface area (Å²) in [6, 6.07) is 7.45. The number of nitrogens with zero attached hydrogens (tertiary/aromatic N) is 3. The highest BCUT2D eigenvalue weighted by Crippen LogP contribution is 2.12. The van der Waals surface area contributed by atoms with Gasteiger partial charge in [0.25, 0.3) is 0 Å². The summed E-state index contributed by atoms with van der Waals surface area (Å²) in [5.41, 5.74) is 1.00. The van der Waals surface area contributed by atoms with Crippen LogP contribution in [0.25, 0.3) is 16.6 Å². The van der Waals surface area contributed by atoms with E-state index in [2.05, 4.69) is 15.1 Å². The molecule has 3 aromatic rings. The third kappa shape index (κ3) is 0.806. The average molecular weight is 186 g/mol. The monoisotopic (exact) mass is 186 g/mol. The van der Waals surface area contributed by atoms with Gasteiger partial charge < -0.3 is 4.98 Å². The molecule has 0 atom stereocenters. The first-order valence-corrected chi connectivity index (χ1v) is 4.17. The molecule has 0 bridgehead atoms. The van der Waals surface area contributed by atoms with Crippen LogP contribution < -0.4 is 5.69 Å². The van der Waals surface area contributed by atoms with Crippen molar-refractivity contribution in [2.75, 3.05) is 0 Å². The molecule has 5 heteroatoms. The van der Waals surface area contributed by atoms with E-state index in [9.17, 15) is 4.79 Å². The fourth-order valence-corrected chi connectivity index (χ4v) is 1.53. The Kier molecular flexibility index (Phi) is 1.25. The quantitative estimate of drug-likeness (QED) is 0.558. The lowest BCUT2D eigenvalue weighted by atomic mass is 10.2. The highest BCUT2D eigenvalue weighted by molar-refractivity contribution is 5.90. The first-order valence-electron chi connectivity index (χ1n) is 4.17. The second-order valence-electron chi connectivity index (χ2n) is 2.96. The lowest BCUT2D eigenvalue weighted by molar-refractivity contribution is 0.881. The first-order chi connectivity index (χ1) is 6.86. The van der Waals surface area contributed by atoms with Crippen molar-refractivity contribution in [2.24, 2.45) is 0 Å². The summed E-state index contributed by atoms with van der Waals surface area (Å²) in [6.45, 7) is 0. The van der Waals surface area contributed by atoms with Crippen LogP contribution in [0.1, 0.15) is 0 Å². The average Bonchev–Trinajstić information content (AvgIpc) is 2.67. The smallest absolute Gasteiger partial charge is 0.329 e. The molecule has 2 aromatic heterocycles. The van der Waals surface area contributed by atoms with Crippen LogP contribution in [0.2, 0.25) is 0 Å². The van der Waals surface area contributed by atoms with E-state index in [0.717, 1.165) is 5.39 Å². The largest absolute Gasteiger partial charge is 0.370 e. The summed E-state index contributed by atoms with van der Waals surface area (Å²) in [6.07, 6.45) is 1.48. The minimum atomic E-state index is -0.361. The van der Waals surface area contributed by atoms with Crippen molar-refractivity contribution in [2.45, 2.75) is 0 Å². The maximum atomic E-state index is 11.4. The molecule has 0 fully saturated rings. The van der Waals surface area contributed by atoms with Crippen molar-refractivity contribution in [1.82, 2.24) is 19.6 Å². The number of nitrogens with one attached hydrogen (secondary N) is 1. The van der Waals surface area contributed by atoms with Crippen LogP contribution in [0.3, 0.4) is 0 Å². The Morgan fingerprint density at radius 1 is 1.29 bits per heavy atom. The molecule has 3 rings (SSSR count). The molecule has 0 radical (unpaired) electrons. The maximum absolute atomic E-state index is 11.4. The molecule has 14 heavy (non-hydrogen) atoms. The van der Waals surface area contributed by atoms with Crippen LogP contribution in [0, 0.1) is 0 Å². The standard InChI is InChI=1S/C9H6N4O/c14-9-12-7-4-2-1-3-6(7)8-10-5-11-13(8)9/h1-5H,(H,10,11). The Bertz CT molecular complexity index is 667. The molecule has 1 aromatic carbocycles. The van der Waals surface area contributed by atoms with Crippen molar-refractivity contribution in [3.05, 3.63) is 41.1 Å². The van der Waals surface area contributed by atoms with Gasteiger partial charge in [0.05, 0.1) is 5.52 Å². The molecule has 0 spiro atoms. The molecule has 68 valence electrons. The Morgan fingerprint density at radius 3 is 3.07 bits per heavy atom. The lowest BCUT2D eigenvalue weighted by Crippen LogP contribution is -2.17. The van der Waals surface area contributed by atoms with Crippen molar-refractivity contribution in [3.8, 4) is 0 Å². The van der Waals surface area contributed by atoms with Gasteiger partial charge in [0.2, 0.25) is 0 Å². The molecular weight excluding hydrogens is 180 g/mol. The highest BCUT2D eigenvalue weighted by Gasteiger charge is 2.04. The Hall–Kier alpha value is -2.17. The van der Waals surface area contributed by atoms with Gasteiger partial charge in [-0.15, -0.1) is 0 Å². The van der Waals surface area contributed by atoms with Gasteiger partial charge in [-0.05, 0) is 12.1 Å². The molecule has 5 nitrogen and oxygen atoms in total. The van der Waals surface area contributed by atoms with Crippen molar-refractivity contribution < 1.29 is 0 Å². The number of hydrogen-bond donors (Lipinski definition) is 1. The second-order valence-corrected chi connectivity index (χ2v) is 2.96. The van der Waals surface area contributed by atoms with Gasteiger partial charge in [0.15, 0.2) is 0 Å². The third-order valence-electron chi connectivity index (χ3n) is 2.14. The Morgan fingerprint density at radius 2 is 2.14 bits per heavy atom. The minimum Gasteiger partial charge on any atom is -0.329 e. The number of para-hydroxylation sites is 1. The van der Waals surface area contributed by atoms with Gasteiger partial charge >= 0.3 is 5.69 Å². The number of H-pyrrole nitrogens is 1. The lowest BCUT2D eigenvalue weighted by Gasteiger charge is -1.96. The number of hydrogen-bond acceptors (Lipinski definition) is 3. The third-order valence-corrected chi connectivity index (χ3v) is 2.14. The molecule has 0 unspecified atom stereocenters. The van der Waals surface area contributed by atoms with Gasteiger partial charge in [-0.1, -0.05) is 12.1 Å². The van der Waals surface area contributed by atoms with Crippen LogP contribution in [-0.2, 0) is 0 Å². The Balaban J connectivity index is 2.73. The van der Waals surface area contributed by atoms with Gasteiger partial charge in [-0.2, -0.15) is 14.6 Å². The molecule has 0 aliphatic carbocycles. The zero-order valence-corrected chi connectivity index (χ0v) is 7.14. The summed E-state index contributed by atoms with van der Waals surface area (Å²) in [5.74, 6) is 0. The first kappa shape index (κ1) is 7.25.